The Labute approximate surface area is 79.0 Å². The first-order valence-corrected chi connectivity index (χ1v) is 5.48. The van der Waals surface area contributed by atoms with E-state index in [1.165, 1.54) is 19.3 Å². The van der Waals surface area contributed by atoms with Crippen molar-refractivity contribution >= 4 is 0 Å². The highest BCUT2D eigenvalue weighted by molar-refractivity contribution is 4.98. The van der Waals surface area contributed by atoms with Crippen molar-refractivity contribution in [1.82, 2.24) is 5.32 Å². The molecule has 0 radical (unpaired) electrons. The van der Waals surface area contributed by atoms with Crippen LogP contribution < -0.4 is 11.1 Å². The molecule has 0 spiro atoms. The summed E-state index contributed by atoms with van der Waals surface area (Å²) >= 11 is 0. The lowest BCUT2D eigenvalue weighted by molar-refractivity contribution is 0.0932. The van der Waals surface area contributed by atoms with Crippen LogP contribution in [0.3, 0.4) is 0 Å². The summed E-state index contributed by atoms with van der Waals surface area (Å²) in [5, 5.41) is 3.67. The number of nitrogens with two attached hydrogens (primary N) is 1. The van der Waals surface area contributed by atoms with Crippen molar-refractivity contribution in [1.29, 1.82) is 0 Å². The zero-order valence-corrected chi connectivity index (χ0v) is 7.91. The molecule has 3 aliphatic rings. The van der Waals surface area contributed by atoms with Crippen LogP contribution in [-0.4, -0.2) is 30.3 Å². The van der Waals surface area contributed by atoms with Crippen molar-refractivity contribution in [3.05, 3.63) is 0 Å². The first-order chi connectivity index (χ1) is 6.31. The van der Waals surface area contributed by atoms with Crippen LogP contribution in [0.4, 0.5) is 0 Å². The molecule has 2 aliphatic heterocycles. The van der Waals surface area contributed by atoms with Gasteiger partial charge in [0.1, 0.15) is 0 Å². The van der Waals surface area contributed by atoms with E-state index in [-0.39, 0.29) is 0 Å². The lowest BCUT2D eigenvalue weighted by Crippen LogP contribution is -2.53. The van der Waals surface area contributed by atoms with Gasteiger partial charge < -0.3 is 15.8 Å². The van der Waals surface area contributed by atoms with Crippen LogP contribution in [0.15, 0.2) is 0 Å². The molecule has 3 unspecified atom stereocenters. The van der Waals surface area contributed by atoms with Gasteiger partial charge in [-0.15, -0.1) is 0 Å². The summed E-state index contributed by atoms with van der Waals surface area (Å²) in [7, 11) is 0. The largest absolute Gasteiger partial charge is 0.373 e. The molecule has 3 nitrogen and oxygen atoms in total. The van der Waals surface area contributed by atoms with Gasteiger partial charge in [-0.1, -0.05) is 0 Å². The highest BCUT2D eigenvalue weighted by atomic mass is 16.5. The minimum absolute atomic E-state index is 0.456. The predicted molar refractivity (Wildman–Crippen MR) is 50.4 cm³/mol. The number of fused-ring (bicyclic) bond motifs is 2. The van der Waals surface area contributed by atoms with E-state index in [4.69, 9.17) is 10.5 Å². The zero-order valence-electron chi connectivity index (χ0n) is 7.91. The molecule has 2 heterocycles. The highest BCUT2D eigenvalue weighted by Gasteiger charge is 2.42. The van der Waals surface area contributed by atoms with Crippen LogP contribution in [0, 0.1) is 0 Å². The van der Waals surface area contributed by atoms with E-state index in [0.717, 1.165) is 12.8 Å². The van der Waals surface area contributed by atoms with Crippen LogP contribution in [-0.2, 0) is 4.74 Å². The van der Waals surface area contributed by atoms with Gasteiger partial charge in [-0.25, -0.2) is 0 Å². The summed E-state index contributed by atoms with van der Waals surface area (Å²) in [5.74, 6) is 0. The summed E-state index contributed by atoms with van der Waals surface area (Å²) in [5.41, 5.74) is 5.75. The molecule has 1 aliphatic carbocycles. The van der Waals surface area contributed by atoms with E-state index in [1.807, 2.05) is 0 Å². The monoisotopic (exact) mass is 182 g/mol. The van der Waals surface area contributed by atoms with Crippen molar-refractivity contribution in [3.63, 3.8) is 0 Å². The maximum Gasteiger partial charge on any atom is 0.0733 e. The van der Waals surface area contributed by atoms with Crippen LogP contribution >= 0.6 is 0 Å². The van der Waals surface area contributed by atoms with Crippen molar-refractivity contribution in [2.24, 2.45) is 5.73 Å². The fourth-order valence-electron chi connectivity index (χ4n) is 2.91. The molecule has 3 fully saturated rings. The fraction of sp³-hybridized carbons (Fsp3) is 1.00. The molecule has 3 atom stereocenters. The Morgan fingerprint density at radius 2 is 2.00 bits per heavy atom. The summed E-state index contributed by atoms with van der Waals surface area (Å²) in [4.78, 5) is 0. The standard InChI is InChI=1S/C10H18N2O/c11-6-3-7(4-6)12-9-5-8-1-2-10(9)13-8/h6-10,12H,1-5,11H2. The normalized spacial score (nSPS) is 53.8. The van der Waals surface area contributed by atoms with E-state index in [9.17, 15) is 0 Å². The second kappa shape index (κ2) is 2.94. The van der Waals surface area contributed by atoms with Gasteiger partial charge in [-0.05, 0) is 32.1 Å². The second-order valence-electron chi connectivity index (χ2n) is 4.81. The van der Waals surface area contributed by atoms with Crippen LogP contribution in [0.25, 0.3) is 0 Å². The van der Waals surface area contributed by atoms with E-state index in [1.54, 1.807) is 0 Å². The Kier molecular flexibility index (Phi) is 1.86. The summed E-state index contributed by atoms with van der Waals surface area (Å²) in [6.45, 7) is 0. The Morgan fingerprint density at radius 1 is 1.15 bits per heavy atom. The summed E-state index contributed by atoms with van der Waals surface area (Å²) in [6, 6.07) is 1.77. The van der Waals surface area contributed by atoms with Crippen LogP contribution in [0.1, 0.15) is 32.1 Å². The zero-order chi connectivity index (χ0) is 8.84. The lowest BCUT2D eigenvalue weighted by atomic mass is 9.85. The van der Waals surface area contributed by atoms with Crippen molar-refractivity contribution in [2.45, 2.75) is 62.4 Å². The predicted octanol–water partition coefficient (Wildman–Crippen LogP) is 0.386. The van der Waals surface area contributed by atoms with Gasteiger partial charge in [0.2, 0.25) is 0 Å². The SMILES string of the molecule is NC1CC(NC2CC3CCC2O3)C1. The van der Waals surface area contributed by atoms with E-state index in [0.29, 0.717) is 30.3 Å². The summed E-state index contributed by atoms with van der Waals surface area (Å²) in [6.07, 6.45) is 7.19. The van der Waals surface area contributed by atoms with Gasteiger partial charge in [0.25, 0.3) is 0 Å². The molecular formula is C10H18N2O. The maximum absolute atomic E-state index is 5.79. The second-order valence-corrected chi connectivity index (χ2v) is 4.81. The quantitative estimate of drug-likeness (QED) is 0.649. The molecule has 0 aromatic rings. The molecule has 2 saturated heterocycles. The van der Waals surface area contributed by atoms with Gasteiger partial charge in [0.05, 0.1) is 12.2 Å². The molecule has 74 valence electrons. The molecule has 1 saturated carbocycles. The van der Waals surface area contributed by atoms with E-state index >= 15 is 0 Å². The van der Waals surface area contributed by atoms with Crippen molar-refractivity contribution in [2.75, 3.05) is 0 Å². The minimum Gasteiger partial charge on any atom is -0.373 e. The molecule has 2 bridgehead atoms. The number of nitrogens with one attached hydrogen (secondary N) is 1. The fourth-order valence-corrected chi connectivity index (χ4v) is 2.91. The summed E-state index contributed by atoms with van der Waals surface area (Å²) < 4.78 is 5.79. The number of ether oxygens (including phenoxy) is 1. The Balaban J connectivity index is 1.51. The van der Waals surface area contributed by atoms with Crippen LogP contribution in [0.2, 0.25) is 0 Å². The van der Waals surface area contributed by atoms with Gasteiger partial charge in [-0.2, -0.15) is 0 Å². The number of hydrogen-bond donors (Lipinski definition) is 2. The molecule has 0 aromatic carbocycles. The van der Waals surface area contributed by atoms with E-state index < -0.39 is 0 Å². The topological polar surface area (TPSA) is 47.3 Å². The molecular weight excluding hydrogens is 164 g/mol. The maximum atomic E-state index is 5.79. The van der Waals surface area contributed by atoms with Crippen LogP contribution in [0.5, 0.6) is 0 Å². The van der Waals surface area contributed by atoms with Gasteiger partial charge in [-0.3, -0.25) is 0 Å². The average molecular weight is 182 g/mol. The van der Waals surface area contributed by atoms with Crippen molar-refractivity contribution < 1.29 is 4.74 Å². The number of rotatable bonds is 2. The molecule has 3 N–H and O–H groups in total. The van der Waals surface area contributed by atoms with E-state index in [2.05, 4.69) is 5.32 Å². The molecule has 3 rings (SSSR count). The molecule has 0 amide bonds. The first kappa shape index (κ1) is 8.21. The Hall–Kier alpha value is -0.120. The molecule has 3 heteroatoms. The van der Waals surface area contributed by atoms with Gasteiger partial charge >= 0.3 is 0 Å². The first-order valence-electron chi connectivity index (χ1n) is 5.48. The third-order valence-corrected chi connectivity index (χ3v) is 3.73. The lowest BCUT2D eigenvalue weighted by Gasteiger charge is -2.36. The Bertz CT molecular complexity index is 203. The highest BCUT2D eigenvalue weighted by Crippen LogP contribution is 2.35. The van der Waals surface area contributed by atoms with Gasteiger partial charge in [0.15, 0.2) is 0 Å². The molecule has 0 aromatic heterocycles. The Morgan fingerprint density at radius 3 is 2.54 bits per heavy atom. The molecule has 13 heavy (non-hydrogen) atoms. The smallest absolute Gasteiger partial charge is 0.0733 e. The van der Waals surface area contributed by atoms with Gasteiger partial charge in [0, 0.05) is 18.1 Å². The van der Waals surface area contributed by atoms with Crippen molar-refractivity contribution in [3.8, 4) is 0 Å². The third kappa shape index (κ3) is 1.39. The number of hydrogen-bond acceptors (Lipinski definition) is 3. The minimum atomic E-state index is 0.456. The average Bonchev–Trinajstić information content (AvgIpc) is 2.62. The third-order valence-electron chi connectivity index (χ3n) is 3.73.